The third-order valence-corrected chi connectivity index (χ3v) is 2.80. The lowest BCUT2D eigenvalue weighted by atomic mass is 9.91. The highest BCUT2D eigenvalue weighted by atomic mass is 16.4. The molecule has 0 aromatic carbocycles. The van der Waals surface area contributed by atoms with Crippen LogP contribution in [0.25, 0.3) is 0 Å². The van der Waals surface area contributed by atoms with Crippen molar-refractivity contribution < 1.29 is 15.0 Å². The summed E-state index contributed by atoms with van der Waals surface area (Å²) in [5, 5.41) is 18.3. The van der Waals surface area contributed by atoms with Crippen LogP contribution < -0.4 is 0 Å². The van der Waals surface area contributed by atoms with Crippen LogP contribution in [0.5, 0.6) is 0 Å². The Bertz CT molecular complexity index is 196. The molecule has 0 saturated carbocycles. The topological polar surface area (TPSA) is 60.8 Å². The Morgan fingerprint density at radius 2 is 2.29 bits per heavy atom. The number of nitrogens with zero attached hydrogens (tertiary/aromatic N) is 1. The van der Waals surface area contributed by atoms with Gasteiger partial charge in [0.1, 0.15) is 0 Å². The zero-order valence-electron chi connectivity index (χ0n) is 8.65. The Morgan fingerprint density at radius 1 is 1.57 bits per heavy atom. The fourth-order valence-corrected chi connectivity index (χ4v) is 2.08. The minimum Gasteiger partial charge on any atom is -0.480 e. The highest BCUT2D eigenvalue weighted by molar-refractivity contribution is 5.69. The van der Waals surface area contributed by atoms with E-state index in [1.807, 2.05) is 4.90 Å². The lowest BCUT2D eigenvalue weighted by molar-refractivity contribution is -0.139. The van der Waals surface area contributed by atoms with Gasteiger partial charge in [0.25, 0.3) is 0 Å². The first-order valence-corrected chi connectivity index (χ1v) is 5.25. The summed E-state index contributed by atoms with van der Waals surface area (Å²) in [7, 11) is 0. The van der Waals surface area contributed by atoms with Crippen LogP contribution in [0, 0.1) is 5.92 Å². The molecule has 1 saturated heterocycles. The van der Waals surface area contributed by atoms with Crippen molar-refractivity contribution in [2.24, 2.45) is 5.92 Å². The molecule has 0 aliphatic carbocycles. The van der Waals surface area contributed by atoms with Crippen LogP contribution in [0.1, 0.15) is 26.2 Å². The van der Waals surface area contributed by atoms with Crippen molar-refractivity contribution >= 4 is 5.97 Å². The minimum absolute atomic E-state index is 0.104. The van der Waals surface area contributed by atoms with Gasteiger partial charge in [-0.2, -0.15) is 0 Å². The van der Waals surface area contributed by atoms with Crippen LogP contribution in [-0.4, -0.2) is 46.8 Å². The maximum absolute atomic E-state index is 10.5. The molecule has 1 rings (SSSR count). The van der Waals surface area contributed by atoms with Crippen LogP contribution in [0.15, 0.2) is 0 Å². The van der Waals surface area contributed by atoms with E-state index in [0.29, 0.717) is 13.0 Å². The average molecular weight is 201 g/mol. The molecule has 0 amide bonds. The quantitative estimate of drug-likeness (QED) is 0.697. The normalized spacial score (nSPS) is 29.0. The number of aliphatic hydroxyl groups excluding tert-OH is 1. The standard InChI is InChI=1S/C10H19NO3/c1-2-3-8-6-11(7-10(13)14)5-4-9(8)12/h8-9,12H,2-7H2,1H3,(H,13,14). The molecule has 0 spiro atoms. The third kappa shape index (κ3) is 3.27. The smallest absolute Gasteiger partial charge is 0.317 e. The second-order valence-corrected chi connectivity index (χ2v) is 4.03. The molecular formula is C10H19NO3. The molecule has 14 heavy (non-hydrogen) atoms. The Kier molecular flexibility index (Phi) is 4.35. The second-order valence-electron chi connectivity index (χ2n) is 4.03. The van der Waals surface area contributed by atoms with Crippen LogP contribution in [0.4, 0.5) is 0 Å². The maximum atomic E-state index is 10.5. The van der Waals surface area contributed by atoms with Crippen LogP contribution in [0.3, 0.4) is 0 Å². The zero-order valence-corrected chi connectivity index (χ0v) is 8.65. The van der Waals surface area contributed by atoms with Crippen molar-refractivity contribution in [3.8, 4) is 0 Å². The van der Waals surface area contributed by atoms with E-state index >= 15 is 0 Å². The summed E-state index contributed by atoms with van der Waals surface area (Å²) < 4.78 is 0. The number of aliphatic hydroxyl groups is 1. The highest BCUT2D eigenvalue weighted by Crippen LogP contribution is 2.21. The van der Waals surface area contributed by atoms with Crippen molar-refractivity contribution in [2.75, 3.05) is 19.6 Å². The van der Waals surface area contributed by atoms with Crippen molar-refractivity contribution in [3.63, 3.8) is 0 Å². The Hall–Kier alpha value is -0.610. The van der Waals surface area contributed by atoms with Gasteiger partial charge in [-0.3, -0.25) is 9.69 Å². The zero-order chi connectivity index (χ0) is 10.6. The summed E-state index contributed by atoms with van der Waals surface area (Å²) in [4.78, 5) is 12.4. The molecule has 0 bridgehead atoms. The molecular weight excluding hydrogens is 182 g/mol. The fraction of sp³-hybridized carbons (Fsp3) is 0.900. The predicted molar refractivity (Wildman–Crippen MR) is 53.1 cm³/mol. The van der Waals surface area contributed by atoms with Gasteiger partial charge in [-0.15, -0.1) is 0 Å². The van der Waals surface area contributed by atoms with Gasteiger partial charge in [0.2, 0.25) is 0 Å². The number of likely N-dealkylation sites (tertiary alicyclic amines) is 1. The number of hydrogen-bond acceptors (Lipinski definition) is 3. The Balaban J connectivity index is 2.40. The Morgan fingerprint density at radius 3 is 2.86 bits per heavy atom. The number of carbonyl (C=O) groups is 1. The SMILES string of the molecule is CCCC1CN(CC(=O)O)CCC1O. The number of piperidine rings is 1. The van der Waals surface area contributed by atoms with E-state index in [2.05, 4.69) is 6.92 Å². The fourth-order valence-electron chi connectivity index (χ4n) is 2.08. The van der Waals surface area contributed by atoms with Gasteiger partial charge < -0.3 is 10.2 Å². The molecule has 2 atom stereocenters. The van der Waals surface area contributed by atoms with Crippen molar-refractivity contribution in [3.05, 3.63) is 0 Å². The number of carboxylic acid groups (broad SMARTS) is 1. The van der Waals surface area contributed by atoms with Crippen LogP contribution >= 0.6 is 0 Å². The summed E-state index contributed by atoms with van der Waals surface area (Å²) in [5.74, 6) is -0.523. The van der Waals surface area contributed by atoms with E-state index in [4.69, 9.17) is 5.11 Å². The summed E-state index contributed by atoms with van der Waals surface area (Å²) in [5.41, 5.74) is 0. The lowest BCUT2D eigenvalue weighted by Crippen LogP contribution is -2.45. The van der Waals surface area contributed by atoms with E-state index in [1.54, 1.807) is 0 Å². The molecule has 2 unspecified atom stereocenters. The van der Waals surface area contributed by atoms with Gasteiger partial charge in [-0.25, -0.2) is 0 Å². The third-order valence-electron chi connectivity index (χ3n) is 2.80. The number of aliphatic carboxylic acids is 1. The monoisotopic (exact) mass is 201 g/mol. The summed E-state index contributed by atoms with van der Waals surface area (Å²) in [6, 6.07) is 0. The first-order chi connectivity index (χ1) is 6.63. The predicted octanol–water partition coefficient (Wildman–Crippen LogP) is 0.554. The molecule has 2 N–H and O–H groups in total. The molecule has 0 aromatic rings. The number of carboxylic acids is 1. The van der Waals surface area contributed by atoms with Gasteiger partial charge in [0.15, 0.2) is 0 Å². The average Bonchev–Trinajstić information content (AvgIpc) is 2.10. The van der Waals surface area contributed by atoms with E-state index < -0.39 is 5.97 Å². The van der Waals surface area contributed by atoms with Gasteiger partial charge in [-0.1, -0.05) is 13.3 Å². The molecule has 4 heteroatoms. The molecule has 1 aliphatic rings. The van der Waals surface area contributed by atoms with E-state index in [9.17, 15) is 9.90 Å². The van der Waals surface area contributed by atoms with Crippen molar-refractivity contribution in [1.29, 1.82) is 0 Å². The van der Waals surface area contributed by atoms with Crippen LogP contribution in [-0.2, 0) is 4.79 Å². The molecule has 0 radical (unpaired) electrons. The minimum atomic E-state index is -0.781. The number of hydrogen-bond donors (Lipinski definition) is 2. The molecule has 1 heterocycles. The maximum Gasteiger partial charge on any atom is 0.317 e. The molecule has 82 valence electrons. The van der Waals surface area contributed by atoms with Gasteiger partial charge in [0, 0.05) is 13.1 Å². The Labute approximate surface area is 84.5 Å². The summed E-state index contributed by atoms with van der Waals surface area (Å²) in [6.45, 7) is 3.62. The van der Waals surface area contributed by atoms with Gasteiger partial charge >= 0.3 is 5.97 Å². The number of rotatable bonds is 4. The lowest BCUT2D eigenvalue weighted by Gasteiger charge is -2.35. The molecule has 1 fully saturated rings. The van der Waals surface area contributed by atoms with Crippen LogP contribution in [0.2, 0.25) is 0 Å². The van der Waals surface area contributed by atoms with Gasteiger partial charge in [0.05, 0.1) is 12.6 Å². The summed E-state index contributed by atoms with van der Waals surface area (Å²) in [6.07, 6.45) is 2.50. The summed E-state index contributed by atoms with van der Waals surface area (Å²) >= 11 is 0. The molecule has 1 aliphatic heterocycles. The van der Waals surface area contributed by atoms with E-state index in [0.717, 1.165) is 19.4 Å². The second kappa shape index (κ2) is 5.32. The molecule has 4 nitrogen and oxygen atoms in total. The first kappa shape index (κ1) is 11.5. The first-order valence-electron chi connectivity index (χ1n) is 5.25. The van der Waals surface area contributed by atoms with E-state index in [1.165, 1.54) is 0 Å². The molecule has 0 aromatic heterocycles. The largest absolute Gasteiger partial charge is 0.480 e. The van der Waals surface area contributed by atoms with E-state index in [-0.39, 0.29) is 18.6 Å². The highest BCUT2D eigenvalue weighted by Gasteiger charge is 2.27. The van der Waals surface area contributed by atoms with Gasteiger partial charge in [-0.05, 0) is 18.8 Å². The van der Waals surface area contributed by atoms with Crippen molar-refractivity contribution in [2.45, 2.75) is 32.3 Å². The van der Waals surface area contributed by atoms with Crippen molar-refractivity contribution in [1.82, 2.24) is 4.90 Å².